The highest BCUT2D eigenvalue weighted by molar-refractivity contribution is 14.1. The predicted molar refractivity (Wildman–Crippen MR) is 93.4 cm³/mol. The normalized spacial score (nSPS) is 28.7. The van der Waals surface area contributed by atoms with Crippen molar-refractivity contribution in [2.24, 2.45) is 11.8 Å². The number of likely N-dealkylation sites (tertiary alicyclic amines) is 1. The minimum Gasteiger partial charge on any atom is -0.327 e. The van der Waals surface area contributed by atoms with Gasteiger partial charge in [0.1, 0.15) is 0 Å². The molecule has 2 fully saturated rings. The van der Waals surface area contributed by atoms with Crippen molar-refractivity contribution in [3.63, 3.8) is 0 Å². The lowest BCUT2D eigenvalue weighted by Gasteiger charge is -2.38. The van der Waals surface area contributed by atoms with Crippen LogP contribution in [0.2, 0.25) is 0 Å². The molecular formula is C17H24IN2O+. The van der Waals surface area contributed by atoms with Crippen molar-refractivity contribution >= 4 is 34.2 Å². The lowest BCUT2D eigenvalue weighted by molar-refractivity contribution is -0.902. The summed E-state index contributed by atoms with van der Waals surface area (Å²) in [6, 6.07) is 7.97. The van der Waals surface area contributed by atoms with E-state index in [9.17, 15) is 4.79 Å². The Bertz CT molecular complexity index is 505. The smallest absolute Gasteiger partial charge is 0.279 e. The zero-order valence-corrected chi connectivity index (χ0v) is 14.6. The van der Waals surface area contributed by atoms with Crippen LogP contribution in [0.15, 0.2) is 24.3 Å². The maximum atomic E-state index is 12.3. The predicted octanol–water partition coefficient (Wildman–Crippen LogP) is 2.32. The van der Waals surface area contributed by atoms with E-state index in [1.165, 1.54) is 50.1 Å². The monoisotopic (exact) mass is 399 g/mol. The highest BCUT2D eigenvalue weighted by Gasteiger charge is 2.34. The Kier molecular flexibility index (Phi) is 5.16. The number of carbonyl (C=O) groups excluding carboxylic acids is 1. The highest BCUT2D eigenvalue weighted by atomic mass is 127. The average molecular weight is 399 g/mol. The molecular weight excluding hydrogens is 375 g/mol. The number of para-hydroxylation sites is 1. The van der Waals surface area contributed by atoms with Crippen LogP contribution in [0.4, 0.5) is 5.69 Å². The SMILES string of the molecule is O=C(C[NH+]1CC[C@H]2CCCC[C@@H]2C1)Nc1ccccc1I. The molecule has 0 radical (unpaired) electrons. The van der Waals surface area contributed by atoms with Gasteiger partial charge in [-0.2, -0.15) is 0 Å². The Morgan fingerprint density at radius 1 is 1.19 bits per heavy atom. The fourth-order valence-electron chi connectivity index (χ4n) is 3.94. The van der Waals surface area contributed by atoms with Gasteiger partial charge in [-0.1, -0.05) is 25.0 Å². The molecule has 2 aliphatic rings. The molecule has 1 saturated carbocycles. The van der Waals surface area contributed by atoms with Crippen LogP contribution in [0, 0.1) is 15.4 Å². The average Bonchev–Trinajstić information content (AvgIpc) is 2.49. The molecule has 1 aliphatic heterocycles. The summed E-state index contributed by atoms with van der Waals surface area (Å²) >= 11 is 2.27. The van der Waals surface area contributed by atoms with Gasteiger partial charge in [-0.3, -0.25) is 4.79 Å². The van der Waals surface area contributed by atoms with Crippen molar-refractivity contribution < 1.29 is 9.69 Å². The summed E-state index contributed by atoms with van der Waals surface area (Å²) in [4.78, 5) is 13.7. The molecule has 1 aliphatic carbocycles. The Morgan fingerprint density at radius 3 is 2.76 bits per heavy atom. The first-order valence-electron chi connectivity index (χ1n) is 8.10. The van der Waals surface area contributed by atoms with Crippen LogP contribution in [-0.2, 0) is 4.79 Å². The Labute approximate surface area is 140 Å². The van der Waals surface area contributed by atoms with Gasteiger partial charge in [0.2, 0.25) is 0 Å². The highest BCUT2D eigenvalue weighted by Crippen LogP contribution is 2.32. The van der Waals surface area contributed by atoms with E-state index in [-0.39, 0.29) is 5.91 Å². The lowest BCUT2D eigenvalue weighted by atomic mass is 9.75. The first-order valence-corrected chi connectivity index (χ1v) is 9.18. The summed E-state index contributed by atoms with van der Waals surface area (Å²) in [6.45, 7) is 2.98. The fraction of sp³-hybridized carbons (Fsp3) is 0.588. The van der Waals surface area contributed by atoms with Crippen molar-refractivity contribution in [2.75, 3.05) is 25.0 Å². The third-order valence-corrected chi connectivity index (χ3v) is 5.99. The van der Waals surface area contributed by atoms with E-state index in [1.807, 2.05) is 24.3 Å². The van der Waals surface area contributed by atoms with Gasteiger partial charge < -0.3 is 10.2 Å². The standard InChI is InChI=1S/C17H23IN2O/c18-15-7-3-4-8-16(15)19-17(21)12-20-10-9-13-5-1-2-6-14(13)11-20/h3-4,7-8,13-14H,1-2,5-6,9-12H2,(H,19,21)/p+1/t13-,14-/m1/s1. The molecule has 1 amide bonds. The van der Waals surface area contributed by atoms with Crippen molar-refractivity contribution in [2.45, 2.75) is 32.1 Å². The molecule has 1 heterocycles. The summed E-state index contributed by atoms with van der Waals surface area (Å²) < 4.78 is 1.10. The van der Waals surface area contributed by atoms with Crippen LogP contribution in [0.5, 0.6) is 0 Å². The molecule has 1 aromatic carbocycles. The first kappa shape index (κ1) is 15.3. The Morgan fingerprint density at radius 2 is 1.95 bits per heavy atom. The third-order valence-electron chi connectivity index (χ3n) is 5.04. The zero-order chi connectivity index (χ0) is 14.7. The van der Waals surface area contributed by atoms with Gasteiger partial charge in [0.25, 0.3) is 5.91 Å². The van der Waals surface area contributed by atoms with Gasteiger partial charge >= 0.3 is 0 Å². The maximum Gasteiger partial charge on any atom is 0.279 e. The molecule has 0 bridgehead atoms. The third kappa shape index (κ3) is 3.97. The van der Waals surface area contributed by atoms with Crippen molar-refractivity contribution in [3.8, 4) is 0 Å². The molecule has 4 heteroatoms. The number of rotatable bonds is 3. The first-order chi connectivity index (χ1) is 10.2. The number of benzene rings is 1. The molecule has 1 unspecified atom stereocenters. The summed E-state index contributed by atoms with van der Waals surface area (Å²) in [5.41, 5.74) is 0.940. The van der Waals surface area contributed by atoms with Crippen LogP contribution < -0.4 is 10.2 Å². The van der Waals surface area contributed by atoms with E-state index in [0.29, 0.717) is 6.54 Å². The molecule has 1 aromatic rings. The molecule has 0 aromatic heterocycles. The van der Waals surface area contributed by atoms with Gasteiger partial charge in [0.05, 0.1) is 18.8 Å². The second kappa shape index (κ2) is 7.09. The van der Waals surface area contributed by atoms with Crippen LogP contribution >= 0.6 is 22.6 Å². The number of fused-ring (bicyclic) bond motifs is 1. The van der Waals surface area contributed by atoms with E-state index in [2.05, 4.69) is 27.9 Å². The molecule has 21 heavy (non-hydrogen) atoms. The van der Waals surface area contributed by atoms with Gasteiger partial charge in [0, 0.05) is 9.49 Å². The molecule has 2 N–H and O–H groups in total. The van der Waals surface area contributed by atoms with E-state index >= 15 is 0 Å². The van der Waals surface area contributed by atoms with E-state index in [0.717, 1.165) is 21.1 Å². The number of piperidine rings is 1. The number of amides is 1. The van der Waals surface area contributed by atoms with Gasteiger partial charge in [-0.15, -0.1) is 0 Å². The van der Waals surface area contributed by atoms with Crippen LogP contribution in [0.3, 0.4) is 0 Å². The maximum absolute atomic E-state index is 12.3. The molecule has 3 nitrogen and oxygen atoms in total. The van der Waals surface area contributed by atoms with Gasteiger partial charge in [0.15, 0.2) is 6.54 Å². The summed E-state index contributed by atoms with van der Waals surface area (Å²) in [5.74, 6) is 1.97. The minimum atomic E-state index is 0.156. The minimum absolute atomic E-state index is 0.156. The number of anilines is 1. The van der Waals surface area contributed by atoms with Crippen molar-refractivity contribution in [1.29, 1.82) is 0 Å². The Hall–Kier alpha value is -0.620. The second-order valence-electron chi connectivity index (χ2n) is 6.50. The van der Waals surface area contributed by atoms with Crippen molar-refractivity contribution in [3.05, 3.63) is 27.8 Å². The summed E-state index contributed by atoms with van der Waals surface area (Å²) in [6.07, 6.45) is 6.93. The zero-order valence-electron chi connectivity index (χ0n) is 12.4. The van der Waals surface area contributed by atoms with E-state index in [1.54, 1.807) is 0 Å². The quantitative estimate of drug-likeness (QED) is 0.752. The van der Waals surface area contributed by atoms with E-state index < -0.39 is 0 Å². The van der Waals surface area contributed by atoms with Crippen molar-refractivity contribution in [1.82, 2.24) is 0 Å². The largest absolute Gasteiger partial charge is 0.327 e. The number of hydrogen-bond donors (Lipinski definition) is 2. The fourth-order valence-corrected chi connectivity index (χ4v) is 4.46. The number of hydrogen-bond acceptors (Lipinski definition) is 1. The number of quaternary nitrogens is 1. The number of halogens is 1. The summed E-state index contributed by atoms with van der Waals surface area (Å²) in [5, 5.41) is 3.06. The molecule has 0 spiro atoms. The van der Waals surface area contributed by atoms with Gasteiger partial charge in [-0.05, 0) is 59.9 Å². The molecule has 114 valence electrons. The van der Waals surface area contributed by atoms with Gasteiger partial charge in [-0.25, -0.2) is 0 Å². The van der Waals surface area contributed by atoms with Crippen LogP contribution in [0.25, 0.3) is 0 Å². The topological polar surface area (TPSA) is 33.5 Å². The number of carbonyl (C=O) groups is 1. The second-order valence-corrected chi connectivity index (χ2v) is 7.66. The molecule has 1 saturated heterocycles. The number of nitrogens with one attached hydrogen (secondary N) is 2. The molecule has 3 rings (SSSR count). The lowest BCUT2D eigenvalue weighted by Crippen LogP contribution is -3.15. The molecule has 3 atom stereocenters. The summed E-state index contributed by atoms with van der Waals surface area (Å²) in [7, 11) is 0. The van der Waals surface area contributed by atoms with E-state index in [4.69, 9.17) is 0 Å². The van der Waals surface area contributed by atoms with Crippen LogP contribution in [0.1, 0.15) is 32.1 Å². The Balaban J connectivity index is 1.52. The van der Waals surface area contributed by atoms with Crippen LogP contribution in [-0.4, -0.2) is 25.5 Å².